The molecule has 1 aliphatic heterocycles. The van der Waals surface area contributed by atoms with Gasteiger partial charge in [-0.1, -0.05) is 29.8 Å². The van der Waals surface area contributed by atoms with E-state index in [0.717, 1.165) is 5.56 Å². The van der Waals surface area contributed by atoms with Crippen molar-refractivity contribution >= 4 is 17.6 Å². The van der Waals surface area contributed by atoms with Gasteiger partial charge in [-0.25, -0.2) is 0 Å². The third-order valence-corrected chi connectivity index (χ3v) is 4.19. The molecule has 6 heteroatoms. The number of carbonyl (C=O) groups is 3. The number of methoxy groups -OCH3 is 1. The van der Waals surface area contributed by atoms with Crippen molar-refractivity contribution in [2.24, 2.45) is 0 Å². The summed E-state index contributed by atoms with van der Waals surface area (Å²) in [4.78, 5) is 39.5. The molecule has 0 unspecified atom stereocenters. The number of amides is 2. The highest BCUT2D eigenvalue weighted by Gasteiger charge is 2.24. The van der Waals surface area contributed by atoms with E-state index in [2.05, 4.69) is 0 Å². The van der Waals surface area contributed by atoms with Gasteiger partial charge in [0.1, 0.15) is 6.61 Å². The second kappa shape index (κ2) is 8.59. The Morgan fingerprint density at radius 1 is 0.917 bits per heavy atom. The summed E-state index contributed by atoms with van der Waals surface area (Å²) in [5.74, 6) is -0.106. The standard InChI is InChI=1S/C18H24N2O4/c1-14-3-5-15(6-4-14)16(21)7-8-17(22)19-9-11-20(12-10-19)18(23)13-24-2/h3-6H,7-13H2,1-2H3. The lowest BCUT2D eigenvalue weighted by Crippen LogP contribution is -2.51. The predicted octanol–water partition coefficient (Wildman–Crippen LogP) is 1.28. The maximum absolute atomic E-state index is 12.2. The summed E-state index contributed by atoms with van der Waals surface area (Å²) in [6.45, 7) is 4.08. The van der Waals surface area contributed by atoms with Gasteiger partial charge in [0, 0.05) is 51.7 Å². The Hall–Kier alpha value is -2.21. The molecule has 2 rings (SSSR count). The van der Waals surface area contributed by atoms with Crippen molar-refractivity contribution < 1.29 is 19.1 Å². The van der Waals surface area contributed by atoms with Crippen LogP contribution in [0.5, 0.6) is 0 Å². The SMILES string of the molecule is COCC(=O)N1CCN(C(=O)CCC(=O)c2ccc(C)cc2)CC1. The predicted molar refractivity (Wildman–Crippen MR) is 89.8 cm³/mol. The van der Waals surface area contributed by atoms with E-state index < -0.39 is 0 Å². The maximum Gasteiger partial charge on any atom is 0.248 e. The fourth-order valence-electron chi connectivity index (χ4n) is 2.68. The fraction of sp³-hybridized carbons (Fsp3) is 0.500. The lowest BCUT2D eigenvalue weighted by Gasteiger charge is -2.34. The quantitative estimate of drug-likeness (QED) is 0.736. The van der Waals surface area contributed by atoms with E-state index in [-0.39, 0.29) is 37.0 Å². The number of Topliss-reactive ketones (excluding diaryl/α,β-unsaturated/α-hetero) is 1. The first-order chi connectivity index (χ1) is 11.5. The second-order valence-corrected chi connectivity index (χ2v) is 5.98. The van der Waals surface area contributed by atoms with Gasteiger partial charge in [-0.2, -0.15) is 0 Å². The normalized spacial score (nSPS) is 14.6. The van der Waals surface area contributed by atoms with Gasteiger partial charge in [0.15, 0.2) is 5.78 Å². The van der Waals surface area contributed by atoms with Crippen molar-refractivity contribution in [2.45, 2.75) is 19.8 Å². The Morgan fingerprint density at radius 2 is 1.46 bits per heavy atom. The Morgan fingerprint density at radius 3 is 2.00 bits per heavy atom. The number of benzene rings is 1. The van der Waals surface area contributed by atoms with Crippen LogP contribution >= 0.6 is 0 Å². The zero-order chi connectivity index (χ0) is 17.5. The molecule has 1 aromatic carbocycles. The van der Waals surface area contributed by atoms with E-state index in [1.165, 1.54) is 7.11 Å². The van der Waals surface area contributed by atoms with Gasteiger partial charge >= 0.3 is 0 Å². The molecule has 1 aromatic rings. The van der Waals surface area contributed by atoms with Crippen LogP contribution in [0.4, 0.5) is 0 Å². The summed E-state index contributed by atoms with van der Waals surface area (Å²) in [5.41, 5.74) is 1.74. The van der Waals surface area contributed by atoms with Crippen molar-refractivity contribution in [1.82, 2.24) is 9.80 Å². The van der Waals surface area contributed by atoms with Gasteiger partial charge in [0.2, 0.25) is 11.8 Å². The van der Waals surface area contributed by atoms with Crippen molar-refractivity contribution in [3.8, 4) is 0 Å². The lowest BCUT2D eigenvalue weighted by atomic mass is 10.0. The Balaban J connectivity index is 1.76. The number of carbonyl (C=O) groups excluding carboxylic acids is 3. The smallest absolute Gasteiger partial charge is 0.248 e. The number of ketones is 1. The minimum atomic E-state index is -0.0563. The van der Waals surface area contributed by atoms with E-state index in [1.807, 2.05) is 19.1 Å². The third kappa shape index (κ3) is 4.89. The van der Waals surface area contributed by atoms with Crippen LogP contribution in [0.2, 0.25) is 0 Å². The summed E-state index contributed by atoms with van der Waals surface area (Å²) in [5, 5.41) is 0. The number of ether oxygens (including phenoxy) is 1. The highest BCUT2D eigenvalue weighted by atomic mass is 16.5. The first-order valence-corrected chi connectivity index (χ1v) is 8.15. The molecule has 130 valence electrons. The molecule has 0 spiro atoms. The molecule has 0 atom stereocenters. The molecule has 0 aliphatic carbocycles. The number of nitrogens with zero attached hydrogens (tertiary/aromatic N) is 2. The van der Waals surface area contributed by atoms with Gasteiger partial charge in [-0.15, -0.1) is 0 Å². The molecule has 1 saturated heterocycles. The highest BCUT2D eigenvalue weighted by Crippen LogP contribution is 2.10. The number of hydrogen-bond donors (Lipinski definition) is 0. The van der Waals surface area contributed by atoms with Crippen molar-refractivity contribution in [2.75, 3.05) is 39.9 Å². The Bertz CT molecular complexity index is 590. The fourth-order valence-corrected chi connectivity index (χ4v) is 2.68. The zero-order valence-electron chi connectivity index (χ0n) is 14.3. The third-order valence-electron chi connectivity index (χ3n) is 4.19. The topological polar surface area (TPSA) is 66.9 Å². The number of aryl methyl sites for hydroxylation is 1. The minimum absolute atomic E-state index is 0.0164. The van der Waals surface area contributed by atoms with Crippen LogP contribution in [0.3, 0.4) is 0 Å². The monoisotopic (exact) mass is 332 g/mol. The van der Waals surface area contributed by atoms with E-state index >= 15 is 0 Å². The average Bonchev–Trinajstić information content (AvgIpc) is 2.60. The molecular weight excluding hydrogens is 308 g/mol. The number of piperazine rings is 1. The van der Waals surface area contributed by atoms with Crippen LogP contribution in [0.1, 0.15) is 28.8 Å². The van der Waals surface area contributed by atoms with Gasteiger partial charge < -0.3 is 14.5 Å². The molecule has 0 N–H and O–H groups in total. The van der Waals surface area contributed by atoms with Gasteiger partial charge in [-0.05, 0) is 6.92 Å². The van der Waals surface area contributed by atoms with Crippen molar-refractivity contribution in [1.29, 1.82) is 0 Å². The van der Waals surface area contributed by atoms with Gasteiger partial charge in [-0.3, -0.25) is 14.4 Å². The molecule has 1 aliphatic rings. The molecule has 24 heavy (non-hydrogen) atoms. The van der Waals surface area contributed by atoms with Crippen LogP contribution in [0.15, 0.2) is 24.3 Å². The highest BCUT2D eigenvalue weighted by molar-refractivity contribution is 5.98. The lowest BCUT2D eigenvalue weighted by molar-refractivity contribution is -0.141. The van der Waals surface area contributed by atoms with E-state index in [9.17, 15) is 14.4 Å². The molecule has 0 saturated carbocycles. The number of rotatable bonds is 6. The molecular formula is C18H24N2O4. The first-order valence-electron chi connectivity index (χ1n) is 8.15. The van der Waals surface area contributed by atoms with Crippen LogP contribution in [-0.2, 0) is 14.3 Å². The number of hydrogen-bond acceptors (Lipinski definition) is 4. The molecule has 0 radical (unpaired) electrons. The first kappa shape index (κ1) is 18.1. The van der Waals surface area contributed by atoms with Crippen LogP contribution < -0.4 is 0 Å². The molecule has 2 amide bonds. The summed E-state index contributed by atoms with van der Waals surface area (Å²) >= 11 is 0. The van der Waals surface area contributed by atoms with Crippen molar-refractivity contribution in [3.63, 3.8) is 0 Å². The summed E-state index contributed by atoms with van der Waals surface area (Å²) < 4.78 is 4.84. The summed E-state index contributed by atoms with van der Waals surface area (Å²) in [7, 11) is 1.49. The van der Waals surface area contributed by atoms with Crippen LogP contribution in [-0.4, -0.2) is 67.3 Å². The van der Waals surface area contributed by atoms with Crippen LogP contribution in [0.25, 0.3) is 0 Å². The van der Waals surface area contributed by atoms with Crippen LogP contribution in [0, 0.1) is 6.92 Å². The maximum atomic E-state index is 12.2. The molecule has 1 heterocycles. The zero-order valence-corrected chi connectivity index (χ0v) is 14.3. The van der Waals surface area contributed by atoms with E-state index in [4.69, 9.17) is 4.74 Å². The van der Waals surface area contributed by atoms with Gasteiger partial charge in [0.05, 0.1) is 0 Å². The summed E-state index contributed by atoms with van der Waals surface area (Å²) in [6.07, 6.45) is 0.420. The molecule has 0 bridgehead atoms. The van der Waals surface area contributed by atoms with Crippen molar-refractivity contribution in [3.05, 3.63) is 35.4 Å². The molecule has 6 nitrogen and oxygen atoms in total. The largest absolute Gasteiger partial charge is 0.375 e. The Kier molecular flexibility index (Phi) is 6.49. The molecule has 1 fully saturated rings. The van der Waals surface area contributed by atoms with Gasteiger partial charge in [0.25, 0.3) is 0 Å². The minimum Gasteiger partial charge on any atom is -0.375 e. The Labute approximate surface area is 142 Å². The van der Waals surface area contributed by atoms with E-state index in [1.54, 1.807) is 21.9 Å². The summed E-state index contributed by atoms with van der Waals surface area (Å²) in [6, 6.07) is 7.38. The van der Waals surface area contributed by atoms with E-state index in [0.29, 0.717) is 31.7 Å². The molecule has 0 aromatic heterocycles. The second-order valence-electron chi connectivity index (χ2n) is 5.98. The average molecular weight is 332 g/mol.